The van der Waals surface area contributed by atoms with Gasteiger partial charge >= 0.3 is 0 Å². The first-order valence-electron chi connectivity index (χ1n) is 6.10. The largest absolute Gasteiger partial charge is 0.374 e. The molecule has 0 amide bonds. The van der Waals surface area contributed by atoms with Gasteiger partial charge in [-0.15, -0.1) is 0 Å². The predicted molar refractivity (Wildman–Crippen MR) is 75.9 cm³/mol. The van der Waals surface area contributed by atoms with Crippen molar-refractivity contribution >= 4 is 5.69 Å². The van der Waals surface area contributed by atoms with Gasteiger partial charge in [-0.05, 0) is 25.0 Å². The second-order valence-electron chi connectivity index (χ2n) is 4.72. The Kier molecular flexibility index (Phi) is 3.19. The molecule has 1 atom stereocenters. The van der Waals surface area contributed by atoms with E-state index in [1.165, 1.54) is 0 Å². The van der Waals surface area contributed by atoms with Crippen molar-refractivity contribution in [2.24, 2.45) is 0 Å². The van der Waals surface area contributed by atoms with Gasteiger partial charge in [0.2, 0.25) is 12.0 Å². The lowest BCUT2D eigenvalue weighted by atomic mass is 10.1. The molecule has 1 aromatic carbocycles. The third-order valence-corrected chi connectivity index (χ3v) is 3.59. The fourth-order valence-electron chi connectivity index (χ4n) is 2.50. The molecule has 1 aliphatic rings. The lowest BCUT2D eigenvalue weighted by molar-refractivity contribution is 0.364. The second-order valence-corrected chi connectivity index (χ2v) is 4.72. The molecule has 0 aromatic heterocycles. The van der Waals surface area contributed by atoms with Crippen molar-refractivity contribution in [1.82, 2.24) is 4.90 Å². The van der Waals surface area contributed by atoms with Crippen LogP contribution in [0.25, 0.3) is 9.69 Å². The number of aryl methyl sites for hydroxylation is 2. The normalized spacial score (nSPS) is 18.5. The van der Waals surface area contributed by atoms with E-state index < -0.39 is 0 Å². The molecule has 0 aliphatic carbocycles. The van der Waals surface area contributed by atoms with E-state index in [0.29, 0.717) is 11.6 Å². The van der Waals surface area contributed by atoms with E-state index >= 15 is 0 Å². The van der Waals surface area contributed by atoms with Crippen LogP contribution in [0.3, 0.4) is 0 Å². The van der Waals surface area contributed by atoms with E-state index in [1.54, 1.807) is 0 Å². The smallest absolute Gasteiger partial charge is 0.253 e. The Bertz CT molecular complexity index is 610. The molecule has 0 saturated carbocycles. The van der Waals surface area contributed by atoms with Crippen LogP contribution in [0.15, 0.2) is 29.8 Å². The van der Waals surface area contributed by atoms with Gasteiger partial charge in [0, 0.05) is 6.92 Å². The Morgan fingerprint density at radius 1 is 1.05 bits per heavy atom. The van der Waals surface area contributed by atoms with Crippen LogP contribution < -0.4 is 4.90 Å². The summed E-state index contributed by atoms with van der Waals surface area (Å²) < 4.78 is 0. The zero-order valence-electron chi connectivity index (χ0n) is 11.6. The summed E-state index contributed by atoms with van der Waals surface area (Å²) in [6.45, 7) is 20.7. The number of hydrogen-bond donors (Lipinski definition) is 0. The summed E-state index contributed by atoms with van der Waals surface area (Å²) in [7, 11) is 1.86. The van der Waals surface area contributed by atoms with E-state index in [1.807, 2.05) is 55.8 Å². The van der Waals surface area contributed by atoms with Gasteiger partial charge in [0.1, 0.15) is 5.69 Å². The van der Waals surface area contributed by atoms with Crippen LogP contribution >= 0.6 is 0 Å². The first-order chi connectivity index (χ1) is 9.02. The van der Waals surface area contributed by atoms with E-state index in [-0.39, 0.29) is 6.17 Å². The molecule has 2 rings (SSSR count). The Morgan fingerprint density at radius 2 is 1.58 bits per heavy atom. The molecule has 0 radical (unpaired) electrons. The summed E-state index contributed by atoms with van der Waals surface area (Å²) in [5, 5.41) is 0. The van der Waals surface area contributed by atoms with Crippen molar-refractivity contribution in [3.8, 4) is 0 Å². The molecule has 0 N–H and O–H groups in total. The van der Waals surface area contributed by atoms with Crippen LogP contribution in [0.4, 0.5) is 5.69 Å². The summed E-state index contributed by atoms with van der Waals surface area (Å²) in [4.78, 5) is 10.9. The summed E-state index contributed by atoms with van der Waals surface area (Å²) in [6, 6.07) is 6.08. The lowest BCUT2D eigenvalue weighted by Gasteiger charge is -2.25. The molecule has 4 nitrogen and oxygen atoms in total. The van der Waals surface area contributed by atoms with Crippen molar-refractivity contribution in [3.63, 3.8) is 0 Å². The maximum Gasteiger partial charge on any atom is 0.253 e. The SMILES string of the molecule is [C-]#[N+]C1=C([N+]#[C-])N(c2c(C)cccc2C)[C@@H](C)N1C. The average molecular weight is 252 g/mol. The van der Waals surface area contributed by atoms with E-state index in [9.17, 15) is 0 Å². The number of hydrogen-bond acceptors (Lipinski definition) is 2. The molecule has 1 aromatic rings. The second kappa shape index (κ2) is 4.66. The van der Waals surface area contributed by atoms with Crippen LogP contribution in [0.1, 0.15) is 18.1 Å². The van der Waals surface area contributed by atoms with Gasteiger partial charge in [0.05, 0.1) is 7.05 Å². The summed E-state index contributed by atoms with van der Waals surface area (Å²) in [5.74, 6) is 0.840. The van der Waals surface area contributed by atoms with Crippen molar-refractivity contribution in [3.05, 3.63) is 63.8 Å². The topological polar surface area (TPSA) is 15.2 Å². The highest BCUT2D eigenvalue weighted by Gasteiger charge is 2.39. The first kappa shape index (κ1) is 13.0. The standard InChI is InChI=1S/C15H16N4/c1-10-8-7-9-11(2)13(10)19-12(3)18(6)14(16-4)15(19)17-5/h7-9,12H,1-3,6H3/t12-/m0/s1. The zero-order valence-corrected chi connectivity index (χ0v) is 11.6. The lowest BCUT2D eigenvalue weighted by Crippen LogP contribution is -2.36. The van der Waals surface area contributed by atoms with Crippen molar-refractivity contribution in [2.75, 3.05) is 11.9 Å². The molecule has 1 aliphatic heterocycles. The van der Waals surface area contributed by atoms with Gasteiger partial charge in [-0.25, -0.2) is 0 Å². The van der Waals surface area contributed by atoms with Gasteiger partial charge in [0.15, 0.2) is 0 Å². The number of para-hydroxylation sites is 1. The van der Waals surface area contributed by atoms with Gasteiger partial charge in [-0.1, -0.05) is 31.3 Å². The van der Waals surface area contributed by atoms with Gasteiger partial charge in [-0.3, -0.25) is 4.90 Å². The van der Waals surface area contributed by atoms with Gasteiger partial charge in [0.25, 0.3) is 5.82 Å². The van der Waals surface area contributed by atoms with E-state index in [0.717, 1.165) is 16.8 Å². The number of rotatable bonds is 1. The molecule has 4 heteroatoms. The third-order valence-electron chi connectivity index (χ3n) is 3.59. The van der Waals surface area contributed by atoms with Crippen LogP contribution in [-0.4, -0.2) is 18.1 Å². The minimum absolute atomic E-state index is 0.0204. The fraction of sp³-hybridized carbons (Fsp3) is 0.333. The van der Waals surface area contributed by atoms with Gasteiger partial charge in [-0.2, -0.15) is 0 Å². The molecule has 1 heterocycles. The minimum Gasteiger partial charge on any atom is -0.374 e. The molecule has 0 saturated heterocycles. The Morgan fingerprint density at radius 3 is 2.05 bits per heavy atom. The molecule has 0 fully saturated rings. The number of benzene rings is 1. The Hall–Kier alpha value is -2.46. The molecule has 19 heavy (non-hydrogen) atoms. The van der Waals surface area contributed by atoms with Crippen molar-refractivity contribution < 1.29 is 0 Å². The van der Waals surface area contributed by atoms with Crippen LogP contribution in [-0.2, 0) is 0 Å². The first-order valence-corrected chi connectivity index (χ1v) is 6.10. The highest BCUT2D eigenvalue weighted by atomic mass is 15.5. The molecular formula is C15H16N4. The molecule has 0 bridgehead atoms. The minimum atomic E-state index is -0.0204. The Labute approximate surface area is 114 Å². The van der Waals surface area contributed by atoms with E-state index in [2.05, 4.69) is 9.69 Å². The predicted octanol–water partition coefficient (Wildman–Crippen LogP) is 3.37. The van der Waals surface area contributed by atoms with Crippen LogP contribution in [0.5, 0.6) is 0 Å². The molecule has 0 unspecified atom stereocenters. The van der Waals surface area contributed by atoms with Crippen LogP contribution in [0.2, 0.25) is 0 Å². The summed E-state index contributed by atoms with van der Waals surface area (Å²) >= 11 is 0. The van der Waals surface area contributed by atoms with Crippen LogP contribution in [0, 0.1) is 27.0 Å². The maximum atomic E-state index is 7.39. The third kappa shape index (κ3) is 1.82. The van der Waals surface area contributed by atoms with Crippen molar-refractivity contribution in [2.45, 2.75) is 26.9 Å². The van der Waals surface area contributed by atoms with Gasteiger partial charge < -0.3 is 14.6 Å². The van der Waals surface area contributed by atoms with Crippen molar-refractivity contribution in [1.29, 1.82) is 0 Å². The molecule has 96 valence electrons. The highest BCUT2D eigenvalue weighted by Crippen LogP contribution is 2.37. The summed E-state index contributed by atoms with van der Waals surface area (Å²) in [5.41, 5.74) is 3.27. The Balaban J connectivity index is 2.67. The maximum absolute atomic E-state index is 7.39. The quantitative estimate of drug-likeness (QED) is 0.712. The zero-order chi connectivity index (χ0) is 14.2. The molecule has 0 spiro atoms. The monoisotopic (exact) mass is 252 g/mol. The average Bonchev–Trinajstić information content (AvgIpc) is 2.62. The molecular weight excluding hydrogens is 236 g/mol. The number of nitrogens with zero attached hydrogens (tertiary/aromatic N) is 4. The highest BCUT2D eigenvalue weighted by molar-refractivity contribution is 5.66. The number of anilines is 1. The van der Waals surface area contributed by atoms with E-state index in [4.69, 9.17) is 13.1 Å². The fourth-order valence-corrected chi connectivity index (χ4v) is 2.50. The summed E-state index contributed by atoms with van der Waals surface area (Å²) in [6.07, 6.45) is -0.0204.